The number of ether oxygens (including phenoxy) is 1. The Kier molecular flexibility index (Phi) is 6.72. The topological polar surface area (TPSA) is 41.6 Å². The number of halogens is 2. The number of hydrogen-bond donors (Lipinski definition) is 1. The molecule has 0 saturated carbocycles. The molecular weight excluding hydrogens is 439 g/mol. The van der Waals surface area contributed by atoms with Crippen LogP contribution in [0.2, 0.25) is 10.0 Å². The lowest BCUT2D eigenvalue weighted by atomic mass is 10.2. The summed E-state index contributed by atoms with van der Waals surface area (Å²) in [5.74, 6) is 1.63. The number of amides is 2. The molecule has 4 rings (SSSR count). The summed E-state index contributed by atoms with van der Waals surface area (Å²) < 4.78 is 5.95. The van der Waals surface area contributed by atoms with Crippen molar-refractivity contribution in [1.29, 1.82) is 0 Å². The highest BCUT2D eigenvalue weighted by molar-refractivity contribution is 7.99. The second-order valence-corrected chi connectivity index (χ2v) is 8.79. The van der Waals surface area contributed by atoms with E-state index in [1.807, 2.05) is 54.6 Å². The third-order valence-corrected chi connectivity index (χ3v) is 6.63. The van der Waals surface area contributed by atoms with Crippen LogP contribution in [-0.4, -0.2) is 23.2 Å². The Bertz CT molecular complexity index is 1010. The molecule has 1 fully saturated rings. The fraction of sp³-hybridized carbons (Fsp3) is 0.174. The van der Waals surface area contributed by atoms with Crippen LogP contribution >= 0.6 is 35.0 Å². The molecule has 4 nitrogen and oxygen atoms in total. The number of carbonyl (C=O) groups is 1. The maximum Gasteiger partial charge on any atom is 0.323 e. The van der Waals surface area contributed by atoms with Crippen molar-refractivity contribution < 1.29 is 9.53 Å². The van der Waals surface area contributed by atoms with Gasteiger partial charge in [0.2, 0.25) is 0 Å². The summed E-state index contributed by atoms with van der Waals surface area (Å²) in [7, 11) is 0. The van der Waals surface area contributed by atoms with E-state index in [0.717, 1.165) is 22.6 Å². The van der Waals surface area contributed by atoms with Crippen molar-refractivity contribution >= 4 is 46.7 Å². The van der Waals surface area contributed by atoms with Crippen LogP contribution in [0.25, 0.3) is 0 Å². The molecule has 0 bridgehead atoms. The largest absolute Gasteiger partial charge is 0.489 e. The van der Waals surface area contributed by atoms with Crippen LogP contribution in [0, 0.1) is 0 Å². The smallest absolute Gasteiger partial charge is 0.323 e. The summed E-state index contributed by atoms with van der Waals surface area (Å²) in [6, 6.07) is 22.8. The number of para-hydroxylation sites is 1. The zero-order valence-corrected chi connectivity index (χ0v) is 18.4. The third kappa shape index (κ3) is 4.86. The number of hydrogen-bond acceptors (Lipinski definition) is 3. The molecule has 3 aromatic carbocycles. The third-order valence-electron chi connectivity index (χ3n) is 4.74. The lowest BCUT2D eigenvalue weighted by Gasteiger charge is -2.25. The molecule has 1 aliphatic heterocycles. The predicted molar refractivity (Wildman–Crippen MR) is 125 cm³/mol. The molecule has 7 heteroatoms. The molecule has 3 aromatic rings. The Labute approximate surface area is 190 Å². The molecule has 0 aliphatic carbocycles. The number of rotatable bonds is 5. The van der Waals surface area contributed by atoms with Gasteiger partial charge in [-0.15, -0.1) is 11.8 Å². The maximum atomic E-state index is 13.0. The molecular formula is C23H20Cl2N2O2S. The van der Waals surface area contributed by atoms with Gasteiger partial charge in [0.25, 0.3) is 0 Å². The van der Waals surface area contributed by atoms with Crippen LogP contribution < -0.4 is 10.1 Å². The summed E-state index contributed by atoms with van der Waals surface area (Å²) in [4.78, 5) is 14.7. The molecule has 1 atom stereocenters. The van der Waals surface area contributed by atoms with Gasteiger partial charge in [-0.3, -0.25) is 0 Å². The molecule has 1 aliphatic rings. The number of carbonyl (C=O) groups excluding carboxylic acids is 1. The van der Waals surface area contributed by atoms with Crippen LogP contribution in [0.15, 0.2) is 72.8 Å². The number of urea groups is 1. The van der Waals surface area contributed by atoms with E-state index in [0.29, 0.717) is 28.9 Å². The van der Waals surface area contributed by atoms with Gasteiger partial charge in [-0.1, -0.05) is 71.7 Å². The first-order chi connectivity index (χ1) is 14.6. The number of nitrogens with zero attached hydrogens (tertiary/aromatic N) is 1. The number of nitrogens with one attached hydrogen (secondary N) is 1. The summed E-state index contributed by atoms with van der Waals surface area (Å²) in [5.41, 5.74) is 2.56. The Hall–Kier alpha value is -2.34. The van der Waals surface area contributed by atoms with Crippen LogP contribution in [-0.2, 0) is 6.61 Å². The van der Waals surface area contributed by atoms with Crippen molar-refractivity contribution in [2.45, 2.75) is 12.0 Å². The van der Waals surface area contributed by atoms with Crippen LogP contribution in [0.1, 0.15) is 16.5 Å². The Morgan fingerprint density at radius 2 is 1.77 bits per heavy atom. The van der Waals surface area contributed by atoms with Gasteiger partial charge in [-0.05, 0) is 35.4 Å². The standard InChI is InChI=1S/C23H20Cl2N2O2S/c24-19-10-5-11-20(25)21(19)26-23(28)27-12-13-30-22(27)17-8-4-9-18(14-17)29-15-16-6-2-1-3-7-16/h1-11,14,22H,12-13,15H2,(H,26,28). The SMILES string of the molecule is O=C(Nc1c(Cl)cccc1Cl)N1CCSC1c1cccc(OCc2ccccc2)c1. The quantitative estimate of drug-likeness (QED) is 0.454. The first kappa shape index (κ1) is 20.9. The van der Waals surface area contributed by atoms with Crippen molar-refractivity contribution in [3.63, 3.8) is 0 Å². The van der Waals surface area contributed by atoms with E-state index in [-0.39, 0.29) is 11.4 Å². The zero-order valence-electron chi connectivity index (χ0n) is 16.1. The first-order valence-corrected chi connectivity index (χ1v) is 11.3. The fourth-order valence-corrected chi connectivity index (χ4v) is 4.99. The maximum absolute atomic E-state index is 13.0. The molecule has 1 saturated heterocycles. The second-order valence-electron chi connectivity index (χ2n) is 6.79. The van der Waals surface area contributed by atoms with Gasteiger partial charge in [0.05, 0.1) is 15.7 Å². The minimum atomic E-state index is -0.226. The number of thioether (sulfide) groups is 1. The van der Waals surface area contributed by atoms with Gasteiger partial charge in [0.15, 0.2) is 0 Å². The lowest BCUT2D eigenvalue weighted by molar-refractivity contribution is 0.214. The van der Waals surface area contributed by atoms with E-state index < -0.39 is 0 Å². The molecule has 0 aromatic heterocycles. The highest BCUT2D eigenvalue weighted by atomic mass is 35.5. The zero-order chi connectivity index (χ0) is 20.9. The van der Waals surface area contributed by atoms with Gasteiger partial charge in [0, 0.05) is 12.3 Å². The van der Waals surface area contributed by atoms with Gasteiger partial charge < -0.3 is 15.0 Å². The summed E-state index contributed by atoms with van der Waals surface area (Å²) in [6.45, 7) is 1.13. The van der Waals surface area contributed by atoms with Crippen molar-refractivity contribution in [3.8, 4) is 5.75 Å². The van der Waals surface area contributed by atoms with E-state index in [2.05, 4.69) is 5.32 Å². The monoisotopic (exact) mass is 458 g/mol. The molecule has 154 valence electrons. The number of anilines is 1. The normalized spacial score (nSPS) is 15.8. The van der Waals surface area contributed by atoms with Gasteiger partial charge in [-0.25, -0.2) is 4.79 Å². The van der Waals surface area contributed by atoms with Crippen LogP contribution in [0.3, 0.4) is 0 Å². The van der Waals surface area contributed by atoms with E-state index in [1.165, 1.54) is 0 Å². The Morgan fingerprint density at radius 1 is 1.03 bits per heavy atom. The molecule has 2 amide bonds. The summed E-state index contributed by atoms with van der Waals surface area (Å²) in [6.07, 6.45) is 0. The van der Waals surface area contributed by atoms with E-state index >= 15 is 0 Å². The molecule has 0 spiro atoms. The summed E-state index contributed by atoms with van der Waals surface area (Å²) in [5, 5.41) is 3.58. The highest BCUT2D eigenvalue weighted by Gasteiger charge is 2.31. The van der Waals surface area contributed by atoms with Gasteiger partial charge >= 0.3 is 6.03 Å². The molecule has 1 N–H and O–H groups in total. The molecule has 1 heterocycles. The average molecular weight is 459 g/mol. The van der Waals surface area contributed by atoms with E-state index in [1.54, 1.807) is 34.9 Å². The van der Waals surface area contributed by atoms with Crippen molar-refractivity contribution in [2.24, 2.45) is 0 Å². The highest BCUT2D eigenvalue weighted by Crippen LogP contribution is 2.40. The Balaban J connectivity index is 1.47. The second kappa shape index (κ2) is 9.65. The van der Waals surface area contributed by atoms with Crippen LogP contribution in [0.5, 0.6) is 5.75 Å². The van der Waals surface area contributed by atoms with Crippen LogP contribution in [0.4, 0.5) is 10.5 Å². The lowest BCUT2D eigenvalue weighted by Crippen LogP contribution is -2.34. The minimum Gasteiger partial charge on any atom is -0.489 e. The summed E-state index contributed by atoms with van der Waals surface area (Å²) >= 11 is 14.1. The number of benzene rings is 3. The minimum absolute atomic E-state index is 0.105. The first-order valence-electron chi connectivity index (χ1n) is 9.52. The van der Waals surface area contributed by atoms with Gasteiger partial charge in [0.1, 0.15) is 17.7 Å². The molecule has 1 unspecified atom stereocenters. The van der Waals surface area contributed by atoms with Crippen molar-refractivity contribution in [1.82, 2.24) is 4.90 Å². The molecule has 0 radical (unpaired) electrons. The average Bonchev–Trinajstić information content (AvgIpc) is 3.26. The van der Waals surface area contributed by atoms with E-state index in [9.17, 15) is 4.79 Å². The Morgan fingerprint density at radius 3 is 2.53 bits per heavy atom. The molecule has 30 heavy (non-hydrogen) atoms. The van der Waals surface area contributed by atoms with Crippen molar-refractivity contribution in [2.75, 3.05) is 17.6 Å². The fourth-order valence-electron chi connectivity index (χ4n) is 3.25. The van der Waals surface area contributed by atoms with E-state index in [4.69, 9.17) is 27.9 Å². The van der Waals surface area contributed by atoms with Crippen molar-refractivity contribution in [3.05, 3.63) is 94.0 Å². The predicted octanol–water partition coefficient (Wildman–Crippen LogP) is 6.85. The van der Waals surface area contributed by atoms with Gasteiger partial charge in [-0.2, -0.15) is 0 Å².